The number of aromatic nitrogens is 2. The highest BCUT2D eigenvalue weighted by atomic mass is 16.3. The van der Waals surface area contributed by atoms with E-state index in [2.05, 4.69) is 15.6 Å². The summed E-state index contributed by atoms with van der Waals surface area (Å²) in [5, 5.41) is 14.3. The molecule has 1 atom stereocenters. The number of amides is 2. The van der Waals surface area contributed by atoms with E-state index >= 15 is 0 Å². The van der Waals surface area contributed by atoms with Crippen LogP contribution in [0.4, 0.5) is 0 Å². The summed E-state index contributed by atoms with van der Waals surface area (Å²) in [6.45, 7) is 4.54. The van der Waals surface area contributed by atoms with Gasteiger partial charge in [0.2, 0.25) is 5.91 Å². The number of rotatable bonds is 5. The Balaban J connectivity index is 2.05. The van der Waals surface area contributed by atoms with Crippen molar-refractivity contribution in [3.63, 3.8) is 0 Å². The van der Waals surface area contributed by atoms with E-state index in [1.807, 2.05) is 18.4 Å². The quantitative estimate of drug-likeness (QED) is 0.694. The zero-order valence-electron chi connectivity index (χ0n) is 12.4. The molecule has 0 aromatic carbocycles. The highest BCUT2D eigenvalue weighted by Crippen LogP contribution is 2.22. The topological polar surface area (TPSA) is 96.2 Å². The van der Waals surface area contributed by atoms with Gasteiger partial charge in [-0.05, 0) is 26.7 Å². The molecule has 116 valence electrons. The zero-order valence-corrected chi connectivity index (χ0v) is 12.4. The second-order valence-electron chi connectivity index (χ2n) is 5.57. The van der Waals surface area contributed by atoms with Gasteiger partial charge in [0.05, 0.1) is 24.5 Å². The first kappa shape index (κ1) is 15.5. The Kier molecular flexibility index (Phi) is 4.95. The van der Waals surface area contributed by atoms with Crippen molar-refractivity contribution >= 4 is 11.8 Å². The molecule has 0 saturated carbocycles. The number of fused-ring (bicyclic) bond motifs is 1. The highest BCUT2D eigenvalue weighted by Gasteiger charge is 2.28. The third-order valence-electron chi connectivity index (χ3n) is 3.51. The van der Waals surface area contributed by atoms with Crippen molar-refractivity contribution < 1.29 is 14.7 Å². The van der Waals surface area contributed by atoms with Crippen LogP contribution >= 0.6 is 0 Å². The molecule has 2 amide bonds. The van der Waals surface area contributed by atoms with E-state index in [1.165, 1.54) is 0 Å². The molecule has 1 unspecified atom stereocenters. The summed E-state index contributed by atoms with van der Waals surface area (Å²) in [4.78, 5) is 28.1. The molecule has 1 aliphatic heterocycles. The Morgan fingerprint density at radius 3 is 2.95 bits per heavy atom. The van der Waals surface area contributed by atoms with Crippen LogP contribution in [0.15, 0.2) is 6.33 Å². The summed E-state index contributed by atoms with van der Waals surface area (Å²) in [6.07, 6.45) is 2.97. The predicted molar refractivity (Wildman–Crippen MR) is 76.7 cm³/mol. The summed E-state index contributed by atoms with van der Waals surface area (Å²) in [5.74, 6) is -0.305. The van der Waals surface area contributed by atoms with Gasteiger partial charge in [-0.2, -0.15) is 0 Å². The summed E-state index contributed by atoms with van der Waals surface area (Å²) >= 11 is 0. The highest BCUT2D eigenvalue weighted by molar-refractivity contribution is 5.93. The van der Waals surface area contributed by atoms with Crippen molar-refractivity contribution in [3.8, 4) is 0 Å². The van der Waals surface area contributed by atoms with Gasteiger partial charge in [0, 0.05) is 19.1 Å². The molecule has 3 N–H and O–H groups in total. The van der Waals surface area contributed by atoms with Crippen molar-refractivity contribution in [2.75, 3.05) is 13.2 Å². The Bertz CT molecular complexity index is 524. The maximum Gasteiger partial charge on any atom is 0.271 e. The number of carbonyl (C=O) groups is 2. The lowest BCUT2D eigenvalue weighted by Crippen LogP contribution is -2.39. The zero-order chi connectivity index (χ0) is 15.4. The number of hydrogen-bond donors (Lipinski definition) is 3. The average molecular weight is 294 g/mol. The third kappa shape index (κ3) is 3.60. The number of nitrogens with zero attached hydrogens (tertiary/aromatic N) is 2. The van der Waals surface area contributed by atoms with Crippen LogP contribution < -0.4 is 10.6 Å². The van der Waals surface area contributed by atoms with E-state index in [4.69, 9.17) is 5.11 Å². The van der Waals surface area contributed by atoms with E-state index < -0.39 is 0 Å². The smallest absolute Gasteiger partial charge is 0.271 e. The molecule has 1 aromatic heterocycles. The fraction of sp³-hybridized carbons (Fsp3) is 0.643. The minimum absolute atomic E-state index is 0.0515. The molecule has 1 aromatic rings. The summed E-state index contributed by atoms with van der Waals surface area (Å²) in [6, 6.07) is 0.126. The van der Waals surface area contributed by atoms with E-state index in [1.54, 1.807) is 6.33 Å². The van der Waals surface area contributed by atoms with Gasteiger partial charge in [0.15, 0.2) is 0 Å². The van der Waals surface area contributed by atoms with Crippen molar-refractivity contribution in [3.05, 3.63) is 17.7 Å². The van der Waals surface area contributed by atoms with Gasteiger partial charge in [0.25, 0.3) is 5.91 Å². The predicted octanol–water partition coefficient (Wildman–Crippen LogP) is -0.308. The Morgan fingerprint density at radius 1 is 1.52 bits per heavy atom. The van der Waals surface area contributed by atoms with Gasteiger partial charge >= 0.3 is 0 Å². The molecule has 2 rings (SSSR count). The van der Waals surface area contributed by atoms with Crippen LogP contribution in [-0.2, 0) is 17.8 Å². The fourth-order valence-electron chi connectivity index (χ4n) is 2.53. The monoisotopic (exact) mass is 294 g/mol. The molecule has 1 aliphatic rings. The van der Waals surface area contributed by atoms with Crippen LogP contribution in [0.1, 0.15) is 36.5 Å². The number of nitrogens with one attached hydrogen (secondary N) is 2. The van der Waals surface area contributed by atoms with Gasteiger partial charge in [0.1, 0.15) is 5.69 Å². The van der Waals surface area contributed by atoms with Crippen molar-refractivity contribution in [2.45, 2.75) is 39.3 Å². The van der Waals surface area contributed by atoms with Crippen LogP contribution in [-0.4, -0.2) is 45.7 Å². The molecule has 0 saturated heterocycles. The molecule has 0 aliphatic carbocycles. The lowest BCUT2D eigenvalue weighted by Gasteiger charge is -2.24. The molecular formula is C14H22N4O3. The van der Waals surface area contributed by atoms with Crippen molar-refractivity contribution in [1.29, 1.82) is 0 Å². The van der Waals surface area contributed by atoms with Gasteiger partial charge < -0.3 is 20.3 Å². The van der Waals surface area contributed by atoms with Crippen LogP contribution in [0.3, 0.4) is 0 Å². The molecule has 0 fully saturated rings. The average Bonchev–Trinajstić information content (AvgIpc) is 2.87. The van der Waals surface area contributed by atoms with Gasteiger partial charge in [-0.25, -0.2) is 4.98 Å². The summed E-state index contributed by atoms with van der Waals surface area (Å²) < 4.78 is 1.88. The minimum atomic E-state index is -0.275. The van der Waals surface area contributed by atoms with E-state index in [0.29, 0.717) is 25.1 Å². The van der Waals surface area contributed by atoms with E-state index in [9.17, 15) is 9.59 Å². The standard InChI is InChI=1S/C14H22N4O3/c1-9(2)17-13(20)10-3-4-11-12(14(21)15-5-6-19)16-8-18(11)7-10/h8-10,19H,3-7H2,1-2H3,(H,15,21)(H,17,20). The maximum atomic E-state index is 12.0. The summed E-state index contributed by atoms with van der Waals surface area (Å²) in [7, 11) is 0. The van der Waals surface area contributed by atoms with Gasteiger partial charge in [-0.1, -0.05) is 0 Å². The number of hydrogen-bond acceptors (Lipinski definition) is 4. The number of imidazole rings is 1. The second kappa shape index (κ2) is 6.71. The molecule has 2 heterocycles. The first-order valence-electron chi connectivity index (χ1n) is 7.26. The molecule has 0 radical (unpaired) electrons. The van der Waals surface area contributed by atoms with E-state index in [0.717, 1.165) is 5.69 Å². The number of aliphatic hydroxyl groups excluding tert-OH is 1. The molecule has 21 heavy (non-hydrogen) atoms. The van der Waals surface area contributed by atoms with Crippen molar-refractivity contribution in [1.82, 2.24) is 20.2 Å². The molecular weight excluding hydrogens is 272 g/mol. The molecule has 7 heteroatoms. The number of aliphatic hydroxyl groups is 1. The minimum Gasteiger partial charge on any atom is -0.395 e. The maximum absolute atomic E-state index is 12.0. The first-order valence-corrected chi connectivity index (χ1v) is 7.26. The fourth-order valence-corrected chi connectivity index (χ4v) is 2.53. The van der Waals surface area contributed by atoms with Crippen LogP contribution in [0.25, 0.3) is 0 Å². The second-order valence-corrected chi connectivity index (χ2v) is 5.57. The van der Waals surface area contributed by atoms with Gasteiger partial charge in [-0.3, -0.25) is 9.59 Å². The lowest BCUT2D eigenvalue weighted by molar-refractivity contribution is -0.126. The third-order valence-corrected chi connectivity index (χ3v) is 3.51. The normalized spacial score (nSPS) is 17.4. The van der Waals surface area contributed by atoms with Crippen molar-refractivity contribution in [2.24, 2.45) is 5.92 Å². The Labute approximate surface area is 123 Å². The Hall–Kier alpha value is -1.89. The molecule has 7 nitrogen and oxygen atoms in total. The molecule has 0 bridgehead atoms. The Morgan fingerprint density at radius 2 is 2.29 bits per heavy atom. The largest absolute Gasteiger partial charge is 0.395 e. The SMILES string of the molecule is CC(C)NC(=O)C1CCc2c(C(=O)NCCO)ncn2C1. The lowest BCUT2D eigenvalue weighted by atomic mass is 9.96. The van der Waals surface area contributed by atoms with Crippen LogP contribution in [0, 0.1) is 5.92 Å². The van der Waals surface area contributed by atoms with Crippen LogP contribution in [0.2, 0.25) is 0 Å². The van der Waals surface area contributed by atoms with E-state index in [-0.39, 0.29) is 36.9 Å². The number of carbonyl (C=O) groups excluding carboxylic acids is 2. The van der Waals surface area contributed by atoms with Gasteiger partial charge in [-0.15, -0.1) is 0 Å². The summed E-state index contributed by atoms with van der Waals surface area (Å²) in [5.41, 5.74) is 1.25. The first-order chi connectivity index (χ1) is 10.0. The van der Waals surface area contributed by atoms with Crippen LogP contribution in [0.5, 0.6) is 0 Å². The molecule has 0 spiro atoms.